The van der Waals surface area contributed by atoms with Crippen LogP contribution in [0.4, 0.5) is 4.39 Å². The summed E-state index contributed by atoms with van der Waals surface area (Å²) < 4.78 is 33.7. The maximum absolute atomic E-state index is 10.6. The Hall–Kier alpha value is -2.92. The lowest BCUT2D eigenvalue weighted by Crippen LogP contribution is -2.38. The summed E-state index contributed by atoms with van der Waals surface area (Å²) in [7, 11) is 1.61. The number of hydrogen-bond donors (Lipinski definition) is 2. The Morgan fingerprint density at radius 3 is 2.59 bits per heavy atom. The van der Waals surface area contributed by atoms with Gasteiger partial charge in [0, 0.05) is 57.0 Å². The van der Waals surface area contributed by atoms with Crippen molar-refractivity contribution >= 4 is 24.2 Å². The number of nitrogens with one attached hydrogen (secondary N) is 1. The molecule has 2 heterocycles. The van der Waals surface area contributed by atoms with Crippen LogP contribution >= 0.6 is 11.6 Å². The summed E-state index contributed by atoms with van der Waals surface area (Å²) in [6.45, 7) is 12.6. The second-order valence-electron chi connectivity index (χ2n) is 7.43. The lowest BCUT2D eigenvalue weighted by Gasteiger charge is -2.26. The zero-order valence-electron chi connectivity index (χ0n) is 21.8. The van der Waals surface area contributed by atoms with Crippen molar-refractivity contribution in [3.05, 3.63) is 54.5 Å². The van der Waals surface area contributed by atoms with Crippen LogP contribution in [0, 0.1) is 0 Å². The topological polar surface area (TPSA) is 103 Å². The maximum Gasteiger partial charge on any atom is 0.164 e. The van der Waals surface area contributed by atoms with Crippen molar-refractivity contribution < 1.29 is 23.3 Å². The van der Waals surface area contributed by atoms with Crippen LogP contribution in [0.1, 0.15) is 5.56 Å². The molecule has 3 N–H and O–H groups in total. The fourth-order valence-corrected chi connectivity index (χ4v) is 3.24. The normalized spacial score (nSPS) is 14.8. The summed E-state index contributed by atoms with van der Waals surface area (Å²) in [6, 6.07) is 3.71. The third kappa shape index (κ3) is 11.8. The van der Waals surface area contributed by atoms with E-state index in [1.54, 1.807) is 19.4 Å². The van der Waals surface area contributed by atoms with Crippen molar-refractivity contribution in [3.63, 3.8) is 0 Å². The van der Waals surface area contributed by atoms with Gasteiger partial charge in [0.15, 0.2) is 11.5 Å². The molecule has 2 aliphatic rings. The molecule has 206 valence electrons. The molecule has 0 amide bonds. The van der Waals surface area contributed by atoms with Crippen LogP contribution in [0.5, 0.6) is 17.2 Å². The first-order valence-electron chi connectivity index (χ1n) is 11.8. The van der Waals surface area contributed by atoms with E-state index >= 15 is 0 Å². The maximum atomic E-state index is 10.6. The quantitative estimate of drug-likeness (QED) is 0.138. The molecule has 0 radical (unpaired) electrons. The average molecular weight is 540 g/mol. The first-order valence-corrected chi connectivity index (χ1v) is 12.6. The van der Waals surface area contributed by atoms with Gasteiger partial charge in [-0.25, -0.2) is 4.39 Å². The molecular formula is C26H39ClFN5O4. The number of methoxy groups -OCH3 is 1. The van der Waals surface area contributed by atoms with Gasteiger partial charge in [-0.3, -0.25) is 14.9 Å². The smallest absolute Gasteiger partial charge is 0.164 e. The number of alkyl halides is 2. The second kappa shape index (κ2) is 20.2. The highest BCUT2D eigenvalue weighted by Gasteiger charge is 2.19. The van der Waals surface area contributed by atoms with Crippen molar-refractivity contribution in [2.75, 3.05) is 79.3 Å². The van der Waals surface area contributed by atoms with Crippen LogP contribution in [0.15, 0.2) is 58.9 Å². The van der Waals surface area contributed by atoms with E-state index in [-0.39, 0.29) is 0 Å². The first-order chi connectivity index (χ1) is 18.2. The zero-order valence-corrected chi connectivity index (χ0v) is 22.5. The molecule has 0 aromatic heterocycles. The van der Waals surface area contributed by atoms with E-state index in [4.69, 9.17) is 24.7 Å². The highest BCUT2D eigenvalue weighted by atomic mass is 35.5. The molecule has 1 fully saturated rings. The molecule has 37 heavy (non-hydrogen) atoms. The molecule has 11 heteroatoms. The summed E-state index contributed by atoms with van der Waals surface area (Å²) >= 11 is 4.64. The zero-order chi connectivity index (χ0) is 27.3. The molecule has 1 saturated heterocycles. The summed E-state index contributed by atoms with van der Waals surface area (Å²) in [6.07, 6.45) is 7.50. The summed E-state index contributed by atoms with van der Waals surface area (Å²) in [5, 5.41) is 3.24. The second-order valence-corrected chi connectivity index (χ2v) is 7.43. The van der Waals surface area contributed by atoms with Crippen LogP contribution in [0.25, 0.3) is 0 Å². The largest absolute Gasteiger partial charge is 0.493 e. The minimum Gasteiger partial charge on any atom is -0.493 e. The van der Waals surface area contributed by atoms with Gasteiger partial charge in [0.05, 0.1) is 32.4 Å². The fraction of sp³-hybridized carbons (Fsp3) is 0.462. The van der Waals surface area contributed by atoms with Gasteiger partial charge >= 0.3 is 0 Å². The highest BCUT2D eigenvalue weighted by Crippen LogP contribution is 2.36. The van der Waals surface area contributed by atoms with Crippen molar-refractivity contribution in [1.29, 1.82) is 0 Å². The Labute approximate surface area is 224 Å². The highest BCUT2D eigenvalue weighted by molar-refractivity contribution is 6.15. The standard InChI is InChI=1S/C22H31N5O4.C3H5F.CH3Cl/c1-3-4-24-14-18-22(15-25-16-23)31-19-12-20(28-2)21(11-17(19)13-26-18)30-10-7-27-5-8-29-9-6-27;1-2-3-4;1-2/h3,11-13,16,24H,1,4-10,14-15H2,2H3,(H2,23,25);2H,1,3H2;1H3. The predicted octanol–water partition coefficient (Wildman–Crippen LogP) is 3.19. The van der Waals surface area contributed by atoms with Gasteiger partial charge in [0.25, 0.3) is 0 Å². The lowest BCUT2D eigenvalue weighted by atomic mass is 10.2. The molecule has 0 spiro atoms. The summed E-state index contributed by atoms with van der Waals surface area (Å²) in [5.74, 6) is 2.50. The molecule has 1 aromatic rings. The van der Waals surface area contributed by atoms with E-state index in [2.05, 4.69) is 45.0 Å². The minimum atomic E-state index is -0.417. The van der Waals surface area contributed by atoms with Crippen molar-refractivity contribution in [1.82, 2.24) is 10.2 Å². The number of nitrogens with zero attached hydrogens (tertiary/aromatic N) is 3. The number of nitrogens with two attached hydrogens (primary N) is 1. The predicted molar refractivity (Wildman–Crippen MR) is 150 cm³/mol. The van der Waals surface area contributed by atoms with E-state index in [1.807, 2.05) is 12.1 Å². The van der Waals surface area contributed by atoms with Gasteiger partial charge < -0.3 is 30.0 Å². The fourth-order valence-electron chi connectivity index (χ4n) is 3.24. The molecular weight excluding hydrogens is 501 g/mol. The SMILES string of the molecule is C=CCF.C=CCNCC1=C(CN=CN)Oc2cc(OC)c(OCCN3CCOCC3)cc2C=N1.CCl. The van der Waals surface area contributed by atoms with Crippen molar-refractivity contribution in [2.24, 2.45) is 15.7 Å². The van der Waals surface area contributed by atoms with Gasteiger partial charge in [0.2, 0.25) is 0 Å². The Bertz CT molecular complexity index is 905. The Morgan fingerprint density at radius 2 is 1.97 bits per heavy atom. The lowest BCUT2D eigenvalue weighted by molar-refractivity contribution is 0.0321. The van der Waals surface area contributed by atoms with Gasteiger partial charge in [-0.05, 0) is 6.07 Å². The third-order valence-electron chi connectivity index (χ3n) is 5.01. The first kappa shape index (κ1) is 32.1. The number of halogens is 2. The molecule has 1 aromatic carbocycles. The van der Waals surface area contributed by atoms with Gasteiger partial charge in [-0.1, -0.05) is 12.2 Å². The van der Waals surface area contributed by atoms with E-state index in [0.29, 0.717) is 49.2 Å². The number of rotatable bonds is 12. The molecule has 0 unspecified atom stereocenters. The van der Waals surface area contributed by atoms with Gasteiger partial charge in [-0.2, -0.15) is 0 Å². The van der Waals surface area contributed by atoms with Crippen molar-refractivity contribution in [3.8, 4) is 17.2 Å². The van der Waals surface area contributed by atoms with Crippen LogP contribution < -0.4 is 25.3 Å². The summed E-state index contributed by atoms with van der Waals surface area (Å²) in [5.41, 5.74) is 6.98. The van der Waals surface area contributed by atoms with E-state index in [0.717, 1.165) is 44.1 Å². The van der Waals surface area contributed by atoms with Crippen LogP contribution in [0.2, 0.25) is 0 Å². The van der Waals surface area contributed by atoms with E-state index in [1.165, 1.54) is 18.8 Å². The Kier molecular flexibility index (Phi) is 17.5. The minimum absolute atomic E-state index is 0.290. The molecule has 3 rings (SSSR count). The Morgan fingerprint density at radius 1 is 1.24 bits per heavy atom. The average Bonchev–Trinajstić information content (AvgIpc) is 3.12. The Balaban J connectivity index is 0.00000104. The number of allylic oxidation sites excluding steroid dienone is 1. The molecule has 9 nitrogen and oxygen atoms in total. The number of benzene rings is 1. The number of ether oxygens (including phenoxy) is 4. The van der Waals surface area contributed by atoms with Crippen LogP contribution in [-0.2, 0) is 4.74 Å². The monoisotopic (exact) mass is 539 g/mol. The molecule has 0 aliphatic carbocycles. The molecule has 0 saturated carbocycles. The van der Waals surface area contributed by atoms with Crippen LogP contribution in [-0.4, -0.2) is 96.7 Å². The molecule has 0 bridgehead atoms. The number of hydrogen-bond acceptors (Lipinski definition) is 8. The molecule has 0 atom stereocenters. The van der Waals surface area contributed by atoms with Crippen molar-refractivity contribution in [2.45, 2.75) is 0 Å². The molecule has 2 aliphatic heterocycles. The van der Waals surface area contributed by atoms with E-state index in [9.17, 15) is 4.39 Å². The van der Waals surface area contributed by atoms with Crippen LogP contribution in [0.3, 0.4) is 0 Å². The summed E-state index contributed by atoms with van der Waals surface area (Å²) in [4.78, 5) is 11.1. The van der Waals surface area contributed by atoms with Gasteiger partial charge in [0.1, 0.15) is 31.3 Å². The number of fused-ring (bicyclic) bond motifs is 1. The number of aliphatic imine (C=N–C) groups is 2. The van der Waals surface area contributed by atoms with Gasteiger partial charge in [-0.15, -0.1) is 24.8 Å². The van der Waals surface area contributed by atoms with E-state index < -0.39 is 6.67 Å². The number of morpholine rings is 1. The third-order valence-corrected chi connectivity index (χ3v) is 5.01.